The van der Waals surface area contributed by atoms with E-state index in [1.165, 1.54) is 44.2 Å². The molecule has 2 N–H and O–H groups in total. The highest BCUT2D eigenvalue weighted by Gasteiger charge is 2.23. The van der Waals surface area contributed by atoms with Crippen molar-refractivity contribution in [2.45, 2.75) is 65.1 Å². The van der Waals surface area contributed by atoms with Crippen LogP contribution in [-0.2, 0) is 13.1 Å². The van der Waals surface area contributed by atoms with Gasteiger partial charge in [-0.05, 0) is 48.9 Å². The smallest absolute Gasteiger partial charge is 0.0454 e. The summed E-state index contributed by atoms with van der Waals surface area (Å²) < 4.78 is 0. The molecule has 0 aliphatic heterocycles. The van der Waals surface area contributed by atoms with Crippen molar-refractivity contribution in [2.75, 3.05) is 6.54 Å². The first kappa shape index (κ1) is 16.8. The van der Waals surface area contributed by atoms with Crippen molar-refractivity contribution >= 4 is 11.6 Å². The molecule has 0 heterocycles. The summed E-state index contributed by atoms with van der Waals surface area (Å²) in [6.07, 6.45) is 6.70. The largest absolute Gasteiger partial charge is 0.326 e. The molecule has 1 aliphatic carbocycles. The Hall–Kier alpha value is -0.570. The molecule has 1 aromatic carbocycles. The molecule has 0 unspecified atom stereocenters. The lowest BCUT2D eigenvalue weighted by atomic mass is 10.1. The fourth-order valence-corrected chi connectivity index (χ4v) is 3.41. The lowest BCUT2D eigenvalue weighted by Crippen LogP contribution is -2.34. The molecular formula is C18H29ClN2. The summed E-state index contributed by atoms with van der Waals surface area (Å²) in [5.74, 6) is 0.754. The predicted molar refractivity (Wildman–Crippen MR) is 91.5 cm³/mol. The molecule has 0 saturated heterocycles. The van der Waals surface area contributed by atoms with Crippen LogP contribution in [0.15, 0.2) is 18.2 Å². The van der Waals surface area contributed by atoms with E-state index in [1.54, 1.807) is 0 Å². The summed E-state index contributed by atoms with van der Waals surface area (Å²) in [5.41, 5.74) is 8.03. The molecule has 0 bridgehead atoms. The van der Waals surface area contributed by atoms with E-state index < -0.39 is 0 Å². The first-order chi connectivity index (χ1) is 10.1. The molecule has 21 heavy (non-hydrogen) atoms. The summed E-state index contributed by atoms with van der Waals surface area (Å²) >= 11 is 6.44. The van der Waals surface area contributed by atoms with Crippen molar-refractivity contribution < 1.29 is 0 Å². The van der Waals surface area contributed by atoms with E-state index in [4.69, 9.17) is 17.3 Å². The third-order valence-corrected chi connectivity index (χ3v) is 4.91. The van der Waals surface area contributed by atoms with Gasteiger partial charge in [-0.15, -0.1) is 0 Å². The molecule has 1 saturated carbocycles. The van der Waals surface area contributed by atoms with Crippen LogP contribution < -0.4 is 5.73 Å². The standard InChI is InChI=1S/C18H29ClN2/c1-14(2)9-10-21(17-5-3-4-6-17)13-16-8-7-15(12-20)11-18(16)19/h7-8,11,14,17H,3-6,9-10,12-13,20H2,1-2H3. The summed E-state index contributed by atoms with van der Waals surface area (Å²) in [5, 5.41) is 0.866. The predicted octanol–water partition coefficient (Wildman–Crippen LogP) is 4.59. The van der Waals surface area contributed by atoms with E-state index in [-0.39, 0.29) is 0 Å². The number of rotatable bonds is 7. The fraction of sp³-hybridized carbons (Fsp3) is 0.667. The van der Waals surface area contributed by atoms with Gasteiger partial charge >= 0.3 is 0 Å². The second-order valence-electron chi connectivity index (χ2n) is 6.72. The average Bonchev–Trinajstić information content (AvgIpc) is 2.98. The maximum absolute atomic E-state index is 6.44. The van der Waals surface area contributed by atoms with E-state index in [2.05, 4.69) is 30.9 Å². The van der Waals surface area contributed by atoms with Gasteiger partial charge in [0, 0.05) is 24.2 Å². The van der Waals surface area contributed by atoms with Crippen LogP contribution in [0.3, 0.4) is 0 Å². The zero-order valence-electron chi connectivity index (χ0n) is 13.4. The monoisotopic (exact) mass is 308 g/mol. The normalized spacial score (nSPS) is 16.3. The SMILES string of the molecule is CC(C)CCN(Cc1ccc(CN)cc1Cl)C1CCCC1. The Balaban J connectivity index is 2.06. The van der Waals surface area contributed by atoms with Crippen molar-refractivity contribution in [3.8, 4) is 0 Å². The van der Waals surface area contributed by atoms with Gasteiger partial charge in [0.1, 0.15) is 0 Å². The van der Waals surface area contributed by atoms with Gasteiger partial charge in [0.05, 0.1) is 0 Å². The number of benzene rings is 1. The van der Waals surface area contributed by atoms with Gasteiger partial charge in [-0.3, -0.25) is 4.90 Å². The Morgan fingerprint density at radius 3 is 2.57 bits per heavy atom. The molecule has 1 aromatic rings. The van der Waals surface area contributed by atoms with Crippen LogP contribution >= 0.6 is 11.6 Å². The second kappa shape index (κ2) is 8.17. The quantitative estimate of drug-likeness (QED) is 0.798. The molecule has 0 atom stereocenters. The van der Waals surface area contributed by atoms with E-state index in [0.29, 0.717) is 6.54 Å². The Labute approximate surface area is 134 Å². The molecule has 1 aliphatic rings. The van der Waals surface area contributed by atoms with Crippen molar-refractivity contribution in [1.82, 2.24) is 4.90 Å². The van der Waals surface area contributed by atoms with Crippen LogP contribution in [0.2, 0.25) is 5.02 Å². The van der Waals surface area contributed by atoms with E-state index in [0.717, 1.165) is 29.1 Å². The Bertz CT molecular complexity index is 439. The van der Waals surface area contributed by atoms with Crippen molar-refractivity contribution in [2.24, 2.45) is 11.7 Å². The van der Waals surface area contributed by atoms with Crippen LogP contribution in [0.5, 0.6) is 0 Å². The van der Waals surface area contributed by atoms with Crippen LogP contribution in [0.1, 0.15) is 57.1 Å². The maximum Gasteiger partial charge on any atom is 0.0454 e. The topological polar surface area (TPSA) is 29.3 Å². The van der Waals surface area contributed by atoms with Gasteiger partial charge in [0.25, 0.3) is 0 Å². The Kier molecular flexibility index (Phi) is 6.53. The minimum Gasteiger partial charge on any atom is -0.326 e. The Morgan fingerprint density at radius 1 is 1.29 bits per heavy atom. The molecule has 118 valence electrons. The summed E-state index contributed by atoms with van der Waals surface area (Å²) in [6, 6.07) is 7.03. The van der Waals surface area contributed by atoms with Crippen LogP contribution in [0.4, 0.5) is 0 Å². The van der Waals surface area contributed by atoms with Gasteiger partial charge in [-0.2, -0.15) is 0 Å². The zero-order valence-corrected chi connectivity index (χ0v) is 14.2. The van der Waals surface area contributed by atoms with Gasteiger partial charge in [-0.1, -0.05) is 50.4 Å². The van der Waals surface area contributed by atoms with Crippen LogP contribution in [0.25, 0.3) is 0 Å². The van der Waals surface area contributed by atoms with Crippen molar-refractivity contribution in [3.63, 3.8) is 0 Å². The average molecular weight is 309 g/mol. The van der Waals surface area contributed by atoms with Gasteiger partial charge in [0.2, 0.25) is 0 Å². The van der Waals surface area contributed by atoms with Crippen molar-refractivity contribution in [1.29, 1.82) is 0 Å². The molecule has 2 rings (SSSR count). The molecule has 3 heteroatoms. The van der Waals surface area contributed by atoms with E-state index in [1.807, 2.05) is 6.07 Å². The van der Waals surface area contributed by atoms with Crippen LogP contribution in [0, 0.1) is 5.92 Å². The second-order valence-corrected chi connectivity index (χ2v) is 7.13. The highest BCUT2D eigenvalue weighted by atomic mass is 35.5. The highest BCUT2D eigenvalue weighted by Crippen LogP contribution is 2.27. The number of nitrogens with two attached hydrogens (primary N) is 1. The van der Waals surface area contributed by atoms with Gasteiger partial charge in [0.15, 0.2) is 0 Å². The maximum atomic E-state index is 6.44. The van der Waals surface area contributed by atoms with Gasteiger partial charge < -0.3 is 5.73 Å². The van der Waals surface area contributed by atoms with Crippen LogP contribution in [-0.4, -0.2) is 17.5 Å². The Morgan fingerprint density at radius 2 is 2.00 bits per heavy atom. The third kappa shape index (κ3) is 4.98. The first-order valence-electron chi connectivity index (χ1n) is 8.31. The molecule has 0 radical (unpaired) electrons. The minimum atomic E-state index is 0.555. The van der Waals surface area contributed by atoms with E-state index >= 15 is 0 Å². The van der Waals surface area contributed by atoms with Crippen molar-refractivity contribution in [3.05, 3.63) is 34.3 Å². The molecule has 0 amide bonds. The first-order valence-corrected chi connectivity index (χ1v) is 8.69. The highest BCUT2D eigenvalue weighted by molar-refractivity contribution is 6.31. The number of hydrogen-bond donors (Lipinski definition) is 1. The third-order valence-electron chi connectivity index (χ3n) is 4.56. The number of hydrogen-bond acceptors (Lipinski definition) is 2. The summed E-state index contributed by atoms with van der Waals surface area (Å²) in [4.78, 5) is 2.65. The molecular weight excluding hydrogens is 280 g/mol. The molecule has 2 nitrogen and oxygen atoms in total. The lowest BCUT2D eigenvalue weighted by Gasteiger charge is -2.30. The van der Waals surface area contributed by atoms with Gasteiger partial charge in [-0.25, -0.2) is 0 Å². The number of halogens is 1. The van der Waals surface area contributed by atoms with E-state index in [9.17, 15) is 0 Å². The zero-order chi connectivity index (χ0) is 15.2. The number of nitrogens with zero attached hydrogens (tertiary/aromatic N) is 1. The summed E-state index contributed by atoms with van der Waals surface area (Å²) in [6.45, 7) is 7.31. The summed E-state index contributed by atoms with van der Waals surface area (Å²) in [7, 11) is 0. The molecule has 1 fully saturated rings. The minimum absolute atomic E-state index is 0.555. The fourth-order valence-electron chi connectivity index (χ4n) is 3.15. The lowest BCUT2D eigenvalue weighted by molar-refractivity contribution is 0.179. The molecule has 0 aromatic heterocycles. The molecule has 0 spiro atoms.